The van der Waals surface area contributed by atoms with E-state index in [1.807, 2.05) is 84.9 Å². The first kappa shape index (κ1) is 19.0. The fourth-order valence-electron chi connectivity index (χ4n) is 9.18. The summed E-state index contributed by atoms with van der Waals surface area (Å²) < 4.78 is 188. The van der Waals surface area contributed by atoms with Gasteiger partial charge in [-0.2, -0.15) is 0 Å². The summed E-state index contributed by atoms with van der Waals surface area (Å²) in [5, 5.41) is 10.2. The van der Waals surface area contributed by atoms with Crippen LogP contribution in [0, 0.1) is 0 Å². The maximum Gasteiger partial charge on any atom is 0.0633 e. The normalized spacial score (nSPS) is 18.6. The molecule has 1 aliphatic carbocycles. The van der Waals surface area contributed by atoms with Crippen LogP contribution in [0.3, 0.4) is 0 Å². The summed E-state index contributed by atoms with van der Waals surface area (Å²) >= 11 is 0. The van der Waals surface area contributed by atoms with E-state index in [9.17, 15) is 19.2 Å². The molecule has 0 bridgehead atoms. The molecule has 12 aromatic rings. The second kappa shape index (κ2) is 11.9. The van der Waals surface area contributed by atoms with Crippen molar-refractivity contribution in [3.05, 3.63) is 205 Å². The van der Waals surface area contributed by atoms with Crippen molar-refractivity contribution in [3.63, 3.8) is 0 Å². The first-order valence-corrected chi connectivity index (χ1v) is 19.2. The predicted octanol–water partition coefficient (Wildman–Crippen LogP) is 16.5. The molecule has 0 radical (unpaired) electrons. The van der Waals surface area contributed by atoms with Gasteiger partial charge >= 0.3 is 0 Å². The van der Waals surface area contributed by atoms with Crippen molar-refractivity contribution in [2.24, 2.45) is 0 Å². The molecule has 0 atom stereocenters. The zero-order valence-corrected chi connectivity index (χ0v) is 30.9. The number of rotatable bonds is 4. The quantitative estimate of drug-likeness (QED) is 0.157. The van der Waals surface area contributed by atoms with Crippen molar-refractivity contribution >= 4 is 64.6 Å². The summed E-state index contributed by atoms with van der Waals surface area (Å²) in [5.41, 5.74) is -9.77. The Bertz CT molecular complexity index is 4350. The van der Waals surface area contributed by atoms with E-state index >= 15 is 0 Å². The van der Waals surface area contributed by atoms with Crippen molar-refractivity contribution in [1.82, 2.24) is 0 Å². The van der Waals surface area contributed by atoms with Crippen LogP contribution in [-0.4, -0.2) is 0 Å². The summed E-state index contributed by atoms with van der Waals surface area (Å²) in [6.07, 6.45) is 0. The van der Waals surface area contributed by atoms with E-state index in [4.69, 9.17) is 8.22 Å². The van der Waals surface area contributed by atoms with Crippen LogP contribution in [0.2, 0.25) is 0 Å². The van der Waals surface area contributed by atoms with Gasteiger partial charge in [-0.3, -0.25) is 0 Å². The van der Waals surface area contributed by atoms with E-state index in [2.05, 4.69) is 0 Å². The highest BCUT2D eigenvalue weighted by molar-refractivity contribution is 6.26. The van der Waals surface area contributed by atoms with Gasteiger partial charge in [0.1, 0.15) is 0 Å². The second-order valence-corrected chi connectivity index (χ2v) is 15.2. The van der Waals surface area contributed by atoms with E-state index in [1.54, 1.807) is 24.3 Å². The molecule has 0 saturated heterocycles. The van der Waals surface area contributed by atoms with Crippen LogP contribution in [0.5, 0.6) is 0 Å². The van der Waals surface area contributed by atoms with E-state index in [0.717, 1.165) is 53.9 Å². The van der Waals surface area contributed by atoms with Crippen LogP contribution in [-0.2, 0) is 5.41 Å². The monoisotopic (exact) mass is 766 g/mol. The van der Waals surface area contributed by atoms with Gasteiger partial charge in [0, 0.05) is 13.6 Å². The molecule has 274 valence electrons. The van der Waals surface area contributed by atoms with E-state index in [-0.39, 0.29) is 11.1 Å². The van der Waals surface area contributed by atoms with Crippen molar-refractivity contribution in [3.8, 4) is 55.6 Å². The molecule has 13 rings (SSSR count). The number of fused-ring (bicyclic) bond motifs is 3. The molecule has 0 aromatic heterocycles. The summed E-state index contributed by atoms with van der Waals surface area (Å²) in [4.78, 5) is 0. The molecule has 0 heteroatoms. The third-order valence-electron chi connectivity index (χ3n) is 12.0. The van der Waals surface area contributed by atoms with Gasteiger partial charge in [0.15, 0.2) is 0 Å². The molecular formula is C59H38. The molecule has 0 unspecified atom stereocenters. The van der Waals surface area contributed by atoms with Crippen molar-refractivity contribution < 1.29 is 27.4 Å². The number of hydrogen-bond acceptors (Lipinski definition) is 0. The predicted molar refractivity (Wildman–Crippen MR) is 253 cm³/mol. The lowest BCUT2D eigenvalue weighted by atomic mass is 9.80. The molecular weight excluding hydrogens is 709 g/mol. The maximum atomic E-state index is 9.87. The number of benzene rings is 12. The van der Waals surface area contributed by atoms with Crippen molar-refractivity contribution in [2.75, 3.05) is 0 Å². The fraction of sp³-hybridized carbons (Fsp3) is 0.0508. The van der Waals surface area contributed by atoms with Gasteiger partial charge in [-0.05, 0) is 143 Å². The van der Waals surface area contributed by atoms with Crippen LogP contribution < -0.4 is 0 Å². The van der Waals surface area contributed by atoms with E-state index in [1.165, 1.54) is 0 Å². The van der Waals surface area contributed by atoms with Gasteiger partial charge in [0.25, 0.3) is 0 Å². The highest BCUT2D eigenvalue weighted by atomic mass is 14.4. The molecule has 0 saturated carbocycles. The SMILES string of the molecule is [2H]c1c([2H])c(-c2ccc3ccc4cccc5ccc2c3c45)c([2H])c([2H])c1-c1c([2H])c([2H])c2c(c1[2H])C(C([2H])([2H])[2H])(C([2H])([2H])[2H])c1c([2H])c(-c3c([2H])c([2H])c(-c4ccc5ccc6cccc7ccc4c5c67)c([2H])c3[2H])c([2H])c([2H])c1-2. The number of hydrogen-bond donors (Lipinski definition) is 0. The molecule has 1 aliphatic rings. The Balaban J connectivity index is 1.05. The lowest BCUT2D eigenvalue weighted by Crippen LogP contribution is -2.15. The molecule has 0 heterocycles. The minimum Gasteiger partial charge on any atom is -0.0610 e. The van der Waals surface area contributed by atoms with E-state index < -0.39 is 148 Å². The Morgan fingerprint density at radius 3 is 1.07 bits per heavy atom. The molecule has 59 heavy (non-hydrogen) atoms. The van der Waals surface area contributed by atoms with Gasteiger partial charge in [0.05, 0.1) is 19.2 Å². The fourth-order valence-corrected chi connectivity index (χ4v) is 9.18. The first-order valence-electron chi connectivity index (χ1n) is 29.2. The molecule has 0 amide bonds. The highest BCUT2D eigenvalue weighted by Crippen LogP contribution is 2.51. The van der Waals surface area contributed by atoms with Crippen LogP contribution in [0.15, 0.2) is 194 Å². The van der Waals surface area contributed by atoms with Crippen LogP contribution in [0.25, 0.3) is 120 Å². The zero-order valence-electron chi connectivity index (χ0n) is 50.9. The van der Waals surface area contributed by atoms with Crippen molar-refractivity contribution in [2.45, 2.75) is 19.1 Å². The summed E-state index contributed by atoms with van der Waals surface area (Å²) in [5.74, 6) is 0. The maximum absolute atomic E-state index is 9.87. The van der Waals surface area contributed by atoms with Crippen LogP contribution in [0.4, 0.5) is 0 Å². The highest BCUT2D eigenvalue weighted by Gasteiger charge is 2.36. The van der Waals surface area contributed by atoms with Gasteiger partial charge in [-0.1, -0.05) is 195 Å². The van der Waals surface area contributed by atoms with Gasteiger partial charge < -0.3 is 0 Å². The van der Waals surface area contributed by atoms with Gasteiger partial charge in [-0.25, -0.2) is 0 Å². The van der Waals surface area contributed by atoms with E-state index in [0.29, 0.717) is 21.9 Å². The standard InChI is InChI=1S/C59H38/c1-59(2)53-33-45(35-9-13-37(14-10-35)47-27-21-43-19-17-39-5-3-7-41-23-31-51(47)57(43)55(39)41)25-29-49(53)50-30-26-46(34-54(50)59)36-11-15-38(16-12-36)48-28-22-44-20-18-40-6-4-8-42-24-32-52(48)58(44)56(40)42/h3-34H,1-2H3/i1D3,2D3,9D,10D,11D,12D,13D,14D,15D,16D,25D,26D,29D,30D,33D,34D. The third-order valence-corrected chi connectivity index (χ3v) is 12.0. The lowest BCUT2D eigenvalue weighted by molar-refractivity contribution is 0.661. The molecule has 0 spiro atoms. The van der Waals surface area contributed by atoms with Gasteiger partial charge in [0.2, 0.25) is 0 Å². The Hall–Kier alpha value is -7.28. The Morgan fingerprint density at radius 2 is 0.661 bits per heavy atom. The largest absolute Gasteiger partial charge is 0.0633 e. The average Bonchev–Trinajstić information content (AvgIpc) is 2.24. The van der Waals surface area contributed by atoms with Gasteiger partial charge in [-0.15, -0.1) is 0 Å². The minimum atomic E-state index is -3.84. The zero-order chi connectivity index (χ0) is 56.2. The van der Waals surface area contributed by atoms with Crippen molar-refractivity contribution in [1.29, 1.82) is 0 Å². The lowest BCUT2D eigenvalue weighted by Gasteiger charge is -2.23. The minimum absolute atomic E-state index is 0.139. The summed E-state index contributed by atoms with van der Waals surface area (Å²) in [6.45, 7) is -7.68. The first-order chi connectivity index (χ1) is 37.4. The smallest absolute Gasteiger partial charge is 0.0610 e. The molecule has 0 fully saturated rings. The molecule has 0 N–H and O–H groups in total. The molecule has 12 aromatic carbocycles. The van der Waals surface area contributed by atoms with Crippen LogP contribution in [0.1, 0.15) is 52.2 Å². The second-order valence-electron chi connectivity index (χ2n) is 15.2. The average molecular weight is 767 g/mol. The molecule has 0 aliphatic heterocycles. The molecule has 0 nitrogen and oxygen atoms in total. The Morgan fingerprint density at radius 1 is 0.322 bits per heavy atom. The topological polar surface area (TPSA) is 0 Å². The third kappa shape index (κ3) is 4.66. The Labute approximate surface area is 371 Å². The summed E-state index contributed by atoms with van der Waals surface area (Å²) in [7, 11) is 0. The Kier molecular flexibility index (Phi) is 3.82. The summed E-state index contributed by atoms with van der Waals surface area (Å²) in [6, 6.07) is 22.1. The van der Waals surface area contributed by atoms with Crippen LogP contribution >= 0.6 is 0 Å².